The van der Waals surface area contributed by atoms with E-state index in [0.29, 0.717) is 13.1 Å². The number of hydrogen-bond donors (Lipinski definition) is 0. The quantitative estimate of drug-likeness (QED) is 0.526. The molecule has 1 heterocycles. The van der Waals surface area contributed by atoms with Crippen LogP contribution in [0.15, 0.2) is 17.4 Å². The molecule has 0 aromatic heterocycles. The lowest BCUT2D eigenvalue weighted by atomic mass is 10.5. The fourth-order valence-electron chi connectivity index (χ4n) is 0.754. The standard InChI is InChI=1S/C7H10N2O2/c1-11-7(10)6-9-4-2-8-3-5-9/h2-4H,5-6H2,1H3. The van der Waals surface area contributed by atoms with E-state index in [2.05, 4.69) is 9.73 Å². The first kappa shape index (κ1) is 7.78. The van der Waals surface area contributed by atoms with Gasteiger partial charge in [0.15, 0.2) is 0 Å². The summed E-state index contributed by atoms with van der Waals surface area (Å²) in [6, 6.07) is 0. The monoisotopic (exact) mass is 154 g/mol. The molecule has 0 saturated heterocycles. The van der Waals surface area contributed by atoms with Gasteiger partial charge in [-0.25, -0.2) is 0 Å². The summed E-state index contributed by atoms with van der Waals surface area (Å²) in [4.78, 5) is 16.4. The first-order valence-corrected chi connectivity index (χ1v) is 3.32. The number of hydrogen-bond acceptors (Lipinski definition) is 4. The topological polar surface area (TPSA) is 41.9 Å². The SMILES string of the molecule is COC(=O)CN1C=CN=CC1. The first-order valence-electron chi connectivity index (χ1n) is 3.32. The Kier molecular flexibility index (Phi) is 2.66. The molecule has 0 spiro atoms. The summed E-state index contributed by atoms with van der Waals surface area (Å²) in [5.74, 6) is -0.232. The van der Waals surface area contributed by atoms with E-state index in [4.69, 9.17) is 0 Å². The molecule has 1 aliphatic rings. The van der Waals surface area contributed by atoms with E-state index < -0.39 is 0 Å². The molecule has 0 radical (unpaired) electrons. The first-order chi connectivity index (χ1) is 5.33. The van der Waals surface area contributed by atoms with Gasteiger partial charge in [0, 0.05) is 18.6 Å². The Labute approximate surface area is 65.2 Å². The normalized spacial score (nSPS) is 15.2. The molecule has 0 fully saturated rings. The second-order valence-electron chi connectivity index (χ2n) is 2.14. The largest absolute Gasteiger partial charge is 0.468 e. The number of aliphatic imine (C=N–C) groups is 1. The number of methoxy groups -OCH3 is 1. The van der Waals surface area contributed by atoms with Gasteiger partial charge in [0.2, 0.25) is 0 Å². The van der Waals surface area contributed by atoms with Crippen LogP contribution in [0.4, 0.5) is 0 Å². The Balaban J connectivity index is 2.33. The highest BCUT2D eigenvalue weighted by atomic mass is 16.5. The van der Waals surface area contributed by atoms with Crippen molar-refractivity contribution in [2.45, 2.75) is 0 Å². The molecule has 0 amide bonds. The maximum atomic E-state index is 10.7. The number of esters is 1. The van der Waals surface area contributed by atoms with Gasteiger partial charge in [-0.05, 0) is 0 Å². The Morgan fingerprint density at radius 1 is 1.82 bits per heavy atom. The summed E-state index contributed by atoms with van der Waals surface area (Å²) in [5, 5.41) is 0. The van der Waals surface area contributed by atoms with Gasteiger partial charge in [-0.1, -0.05) is 0 Å². The molecular weight excluding hydrogens is 144 g/mol. The average Bonchev–Trinajstić information content (AvgIpc) is 2.06. The van der Waals surface area contributed by atoms with Gasteiger partial charge in [-0.2, -0.15) is 0 Å². The molecule has 4 heteroatoms. The third kappa shape index (κ3) is 2.41. The van der Waals surface area contributed by atoms with Gasteiger partial charge >= 0.3 is 5.97 Å². The third-order valence-electron chi connectivity index (χ3n) is 1.34. The molecule has 0 saturated carbocycles. The van der Waals surface area contributed by atoms with Crippen LogP contribution in [0.3, 0.4) is 0 Å². The van der Waals surface area contributed by atoms with Crippen LogP contribution >= 0.6 is 0 Å². The molecule has 0 bridgehead atoms. The van der Waals surface area contributed by atoms with Gasteiger partial charge in [-0.15, -0.1) is 0 Å². The second kappa shape index (κ2) is 3.75. The number of rotatable bonds is 2. The summed E-state index contributed by atoms with van der Waals surface area (Å²) >= 11 is 0. The van der Waals surface area contributed by atoms with Crippen LogP contribution in [-0.4, -0.2) is 37.3 Å². The highest BCUT2D eigenvalue weighted by molar-refractivity contribution is 5.72. The predicted molar refractivity (Wildman–Crippen MR) is 41.2 cm³/mol. The summed E-state index contributed by atoms with van der Waals surface area (Å²) in [7, 11) is 1.38. The van der Waals surface area contributed by atoms with Crippen LogP contribution in [0.2, 0.25) is 0 Å². The van der Waals surface area contributed by atoms with E-state index in [9.17, 15) is 4.79 Å². The zero-order valence-corrected chi connectivity index (χ0v) is 6.36. The molecule has 11 heavy (non-hydrogen) atoms. The molecule has 1 aliphatic heterocycles. The van der Waals surface area contributed by atoms with Crippen molar-refractivity contribution in [3.05, 3.63) is 12.4 Å². The van der Waals surface area contributed by atoms with Gasteiger partial charge in [-0.3, -0.25) is 9.79 Å². The Hall–Kier alpha value is -1.32. The fraction of sp³-hybridized carbons (Fsp3) is 0.429. The molecule has 0 N–H and O–H groups in total. The predicted octanol–water partition coefficient (Wildman–Crippen LogP) is 0.0170. The van der Waals surface area contributed by atoms with E-state index in [1.54, 1.807) is 18.6 Å². The lowest BCUT2D eigenvalue weighted by molar-refractivity contribution is -0.141. The van der Waals surface area contributed by atoms with E-state index in [0.717, 1.165) is 0 Å². The smallest absolute Gasteiger partial charge is 0.325 e. The fourth-order valence-corrected chi connectivity index (χ4v) is 0.754. The van der Waals surface area contributed by atoms with E-state index in [1.807, 2.05) is 4.90 Å². The molecule has 4 nitrogen and oxygen atoms in total. The van der Waals surface area contributed by atoms with Crippen molar-refractivity contribution in [2.24, 2.45) is 4.99 Å². The molecule has 0 aliphatic carbocycles. The Morgan fingerprint density at radius 2 is 2.64 bits per heavy atom. The maximum absolute atomic E-state index is 10.7. The summed E-state index contributed by atoms with van der Waals surface area (Å²) < 4.78 is 4.49. The molecule has 1 rings (SSSR count). The van der Waals surface area contributed by atoms with Gasteiger partial charge in [0.1, 0.15) is 6.54 Å². The molecule has 0 atom stereocenters. The zero-order valence-electron chi connectivity index (χ0n) is 6.36. The number of carbonyl (C=O) groups is 1. The molecular formula is C7H10N2O2. The van der Waals surface area contributed by atoms with Crippen LogP contribution in [0.1, 0.15) is 0 Å². The van der Waals surface area contributed by atoms with Crippen molar-refractivity contribution < 1.29 is 9.53 Å². The Bertz CT molecular complexity index is 199. The lowest BCUT2D eigenvalue weighted by Crippen LogP contribution is -2.28. The van der Waals surface area contributed by atoms with Gasteiger partial charge in [0.05, 0.1) is 13.7 Å². The molecule has 60 valence electrons. The summed E-state index contributed by atoms with van der Waals surface area (Å²) in [6.45, 7) is 0.963. The van der Waals surface area contributed by atoms with Crippen molar-refractivity contribution in [3.8, 4) is 0 Å². The molecule has 0 unspecified atom stereocenters. The minimum atomic E-state index is -0.232. The third-order valence-corrected chi connectivity index (χ3v) is 1.34. The number of ether oxygens (including phenoxy) is 1. The Morgan fingerprint density at radius 3 is 3.18 bits per heavy atom. The highest BCUT2D eigenvalue weighted by Crippen LogP contribution is 1.94. The van der Waals surface area contributed by atoms with Crippen LogP contribution in [0.25, 0.3) is 0 Å². The van der Waals surface area contributed by atoms with Gasteiger partial charge < -0.3 is 9.64 Å². The van der Waals surface area contributed by atoms with Crippen molar-refractivity contribution in [1.82, 2.24) is 4.90 Å². The van der Waals surface area contributed by atoms with Crippen LogP contribution in [0, 0.1) is 0 Å². The van der Waals surface area contributed by atoms with Crippen molar-refractivity contribution in [1.29, 1.82) is 0 Å². The van der Waals surface area contributed by atoms with Crippen LogP contribution < -0.4 is 0 Å². The average molecular weight is 154 g/mol. The van der Waals surface area contributed by atoms with Crippen LogP contribution in [0.5, 0.6) is 0 Å². The number of nitrogens with zero attached hydrogens (tertiary/aromatic N) is 2. The minimum Gasteiger partial charge on any atom is -0.468 e. The second-order valence-corrected chi connectivity index (χ2v) is 2.14. The minimum absolute atomic E-state index is 0.232. The highest BCUT2D eigenvalue weighted by Gasteiger charge is 2.06. The molecule has 0 aromatic rings. The van der Waals surface area contributed by atoms with E-state index in [1.165, 1.54) is 7.11 Å². The van der Waals surface area contributed by atoms with Gasteiger partial charge in [0.25, 0.3) is 0 Å². The van der Waals surface area contributed by atoms with E-state index in [-0.39, 0.29) is 5.97 Å². The lowest BCUT2D eigenvalue weighted by Gasteiger charge is -2.17. The maximum Gasteiger partial charge on any atom is 0.325 e. The van der Waals surface area contributed by atoms with Crippen LogP contribution in [-0.2, 0) is 9.53 Å². The van der Waals surface area contributed by atoms with Crippen molar-refractivity contribution in [3.63, 3.8) is 0 Å². The van der Waals surface area contributed by atoms with Crippen molar-refractivity contribution in [2.75, 3.05) is 20.2 Å². The zero-order chi connectivity index (χ0) is 8.10. The number of carbonyl (C=O) groups excluding carboxylic acids is 1. The molecule has 0 aromatic carbocycles. The van der Waals surface area contributed by atoms with E-state index >= 15 is 0 Å². The van der Waals surface area contributed by atoms with Crippen molar-refractivity contribution >= 4 is 12.2 Å². The summed E-state index contributed by atoms with van der Waals surface area (Å²) in [5.41, 5.74) is 0. The summed E-state index contributed by atoms with van der Waals surface area (Å²) in [6.07, 6.45) is 5.15.